The number of carboxylic acids is 1. The molecule has 0 aliphatic carbocycles. The minimum absolute atomic E-state index is 0.138. The molecule has 1 heterocycles. The molecule has 0 aliphatic rings. The number of carboxylic acid groups (broad SMARTS) is 1. The van der Waals surface area contributed by atoms with Gasteiger partial charge >= 0.3 is 5.97 Å². The molecule has 0 bridgehead atoms. The molecule has 0 aliphatic heterocycles. The monoisotopic (exact) mass is 303 g/mol. The van der Waals surface area contributed by atoms with E-state index in [-0.39, 0.29) is 17.7 Å². The third-order valence-electron chi connectivity index (χ3n) is 2.98. The number of aliphatic carboxylic acids is 1. The highest BCUT2D eigenvalue weighted by Gasteiger charge is 2.19. The van der Waals surface area contributed by atoms with Crippen LogP contribution in [0.1, 0.15) is 5.56 Å². The largest absolute Gasteiger partial charge is 0.481 e. The Hall–Kier alpha value is -2.83. The predicted octanol–water partition coefficient (Wildman–Crippen LogP) is 1.60. The third kappa shape index (κ3) is 4.08. The van der Waals surface area contributed by atoms with Crippen molar-refractivity contribution < 1.29 is 19.4 Å². The Bertz CT molecular complexity index is 612. The summed E-state index contributed by atoms with van der Waals surface area (Å²) in [6.07, 6.45) is 0.305. The van der Waals surface area contributed by atoms with Crippen LogP contribution in [0.4, 0.5) is 5.95 Å². The Kier molecular flexibility index (Phi) is 5.13. The highest BCUT2D eigenvalue weighted by atomic mass is 16.5. The van der Waals surface area contributed by atoms with Crippen LogP contribution in [0.3, 0.4) is 0 Å². The molecule has 2 N–H and O–H groups in total. The van der Waals surface area contributed by atoms with Crippen molar-refractivity contribution in [3.8, 4) is 11.8 Å². The first-order valence-electron chi connectivity index (χ1n) is 6.62. The lowest BCUT2D eigenvalue weighted by Gasteiger charge is -2.15. The number of aromatic nitrogens is 2. The average Bonchev–Trinajstić information content (AvgIpc) is 2.54. The normalized spacial score (nSPS) is 11.5. The molecule has 1 aromatic carbocycles. The Morgan fingerprint density at radius 1 is 1.18 bits per heavy atom. The maximum absolute atomic E-state index is 11.4. The molecule has 0 radical (unpaired) electrons. The molecule has 0 fully saturated rings. The summed E-state index contributed by atoms with van der Waals surface area (Å²) in [5, 5.41) is 12.2. The minimum atomic E-state index is -0.991. The van der Waals surface area contributed by atoms with Gasteiger partial charge < -0.3 is 19.9 Å². The molecule has 0 unspecified atom stereocenters. The van der Waals surface area contributed by atoms with Gasteiger partial charge in [0.25, 0.3) is 0 Å². The maximum atomic E-state index is 11.4. The number of benzene rings is 1. The number of ether oxygens (including phenoxy) is 2. The van der Waals surface area contributed by atoms with Gasteiger partial charge in [-0.1, -0.05) is 30.3 Å². The van der Waals surface area contributed by atoms with Gasteiger partial charge in [-0.2, -0.15) is 9.97 Å². The van der Waals surface area contributed by atoms with Crippen LogP contribution in [0.25, 0.3) is 0 Å². The molecule has 2 aromatic rings. The van der Waals surface area contributed by atoms with Crippen LogP contribution in [0, 0.1) is 0 Å². The van der Waals surface area contributed by atoms with Gasteiger partial charge in [0.2, 0.25) is 17.7 Å². The molecule has 0 amide bonds. The number of carbonyl (C=O) groups is 1. The summed E-state index contributed by atoms with van der Waals surface area (Å²) in [6, 6.07) is 9.98. The zero-order chi connectivity index (χ0) is 15.9. The highest BCUT2D eigenvalue weighted by molar-refractivity contribution is 5.77. The van der Waals surface area contributed by atoms with E-state index in [0.717, 1.165) is 5.56 Å². The zero-order valence-electron chi connectivity index (χ0n) is 12.3. The fraction of sp³-hybridized carbons (Fsp3) is 0.267. The number of hydrogen-bond acceptors (Lipinski definition) is 6. The van der Waals surface area contributed by atoms with Crippen molar-refractivity contribution in [2.45, 2.75) is 12.5 Å². The zero-order valence-corrected chi connectivity index (χ0v) is 12.3. The summed E-state index contributed by atoms with van der Waals surface area (Å²) in [7, 11) is 2.93. The lowest BCUT2D eigenvalue weighted by atomic mass is 10.1. The number of nitrogens with zero attached hydrogens (tertiary/aromatic N) is 2. The maximum Gasteiger partial charge on any atom is 0.326 e. The molecule has 0 saturated heterocycles. The molecule has 0 saturated carbocycles. The summed E-state index contributed by atoms with van der Waals surface area (Å²) in [6.45, 7) is 0. The lowest BCUT2D eigenvalue weighted by molar-refractivity contribution is -0.137. The quantitative estimate of drug-likeness (QED) is 0.802. The minimum Gasteiger partial charge on any atom is -0.481 e. The van der Waals surface area contributed by atoms with E-state index in [2.05, 4.69) is 15.3 Å². The van der Waals surface area contributed by atoms with E-state index < -0.39 is 12.0 Å². The van der Waals surface area contributed by atoms with Gasteiger partial charge in [-0.3, -0.25) is 0 Å². The molecule has 22 heavy (non-hydrogen) atoms. The van der Waals surface area contributed by atoms with Crippen molar-refractivity contribution in [3.05, 3.63) is 42.0 Å². The van der Waals surface area contributed by atoms with Crippen molar-refractivity contribution in [2.24, 2.45) is 0 Å². The van der Waals surface area contributed by atoms with Gasteiger partial charge in [0, 0.05) is 6.42 Å². The van der Waals surface area contributed by atoms with Crippen molar-refractivity contribution >= 4 is 11.9 Å². The van der Waals surface area contributed by atoms with Crippen molar-refractivity contribution in [1.29, 1.82) is 0 Å². The Labute approximate surface area is 127 Å². The van der Waals surface area contributed by atoms with Crippen molar-refractivity contribution in [3.63, 3.8) is 0 Å². The lowest BCUT2D eigenvalue weighted by Crippen LogP contribution is -2.32. The van der Waals surface area contributed by atoms with Gasteiger partial charge in [-0.25, -0.2) is 4.79 Å². The van der Waals surface area contributed by atoms with E-state index >= 15 is 0 Å². The van der Waals surface area contributed by atoms with Gasteiger partial charge in [0.15, 0.2) is 0 Å². The molecule has 116 valence electrons. The second-order valence-corrected chi connectivity index (χ2v) is 4.50. The summed E-state index contributed by atoms with van der Waals surface area (Å²) >= 11 is 0. The fourth-order valence-corrected chi connectivity index (χ4v) is 1.88. The summed E-state index contributed by atoms with van der Waals surface area (Å²) in [5.41, 5.74) is 0.900. The van der Waals surface area contributed by atoms with Crippen LogP contribution >= 0.6 is 0 Å². The number of anilines is 1. The molecule has 7 nitrogen and oxygen atoms in total. The van der Waals surface area contributed by atoms with Gasteiger partial charge in [0.05, 0.1) is 20.3 Å². The average molecular weight is 303 g/mol. The molecule has 1 aromatic heterocycles. The van der Waals surface area contributed by atoms with Gasteiger partial charge in [-0.15, -0.1) is 0 Å². The van der Waals surface area contributed by atoms with Crippen LogP contribution in [0.2, 0.25) is 0 Å². The summed E-state index contributed by atoms with van der Waals surface area (Å²) in [4.78, 5) is 19.6. The molecule has 0 spiro atoms. The molecular weight excluding hydrogens is 286 g/mol. The summed E-state index contributed by atoms with van der Waals surface area (Å²) in [5.74, 6) is -0.273. The second-order valence-electron chi connectivity index (χ2n) is 4.50. The first kappa shape index (κ1) is 15.6. The molecule has 7 heteroatoms. The molecule has 2 rings (SSSR count). The van der Waals surface area contributed by atoms with Crippen LogP contribution in [-0.2, 0) is 11.2 Å². The smallest absolute Gasteiger partial charge is 0.326 e. The fourth-order valence-electron chi connectivity index (χ4n) is 1.88. The van der Waals surface area contributed by atoms with E-state index in [4.69, 9.17) is 9.47 Å². The van der Waals surface area contributed by atoms with Crippen LogP contribution in [-0.4, -0.2) is 41.3 Å². The standard InChI is InChI=1S/C15H17N3O4/c1-21-12-9-13(22-2)18-15(17-12)16-11(14(19)20)8-10-6-4-3-5-7-10/h3-7,9,11H,8H2,1-2H3,(H,19,20)(H,16,17,18)/t11-/m0/s1. The predicted molar refractivity (Wildman–Crippen MR) is 80.3 cm³/mol. The SMILES string of the molecule is COc1cc(OC)nc(N[C@@H](Cc2ccccc2)C(=O)O)n1. The van der Waals surface area contributed by atoms with Gasteiger partial charge in [0.1, 0.15) is 6.04 Å². The Morgan fingerprint density at radius 3 is 2.27 bits per heavy atom. The first-order valence-corrected chi connectivity index (χ1v) is 6.62. The third-order valence-corrected chi connectivity index (χ3v) is 2.98. The van der Waals surface area contributed by atoms with E-state index in [1.165, 1.54) is 20.3 Å². The van der Waals surface area contributed by atoms with E-state index in [9.17, 15) is 9.90 Å². The number of methoxy groups -OCH3 is 2. The van der Waals surface area contributed by atoms with Crippen molar-refractivity contribution in [1.82, 2.24) is 9.97 Å². The Balaban J connectivity index is 2.19. The van der Waals surface area contributed by atoms with E-state index in [1.807, 2.05) is 30.3 Å². The van der Waals surface area contributed by atoms with E-state index in [0.29, 0.717) is 6.42 Å². The summed E-state index contributed by atoms with van der Waals surface area (Å²) < 4.78 is 10.1. The first-order chi connectivity index (χ1) is 10.6. The molecule has 1 atom stereocenters. The van der Waals surface area contributed by atoms with Crippen LogP contribution < -0.4 is 14.8 Å². The topological polar surface area (TPSA) is 93.6 Å². The second kappa shape index (κ2) is 7.26. The Morgan fingerprint density at radius 2 is 1.77 bits per heavy atom. The highest BCUT2D eigenvalue weighted by Crippen LogP contribution is 2.18. The number of nitrogens with one attached hydrogen (secondary N) is 1. The van der Waals surface area contributed by atoms with Crippen LogP contribution in [0.5, 0.6) is 11.8 Å². The number of rotatable bonds is 7. The number of hydrogen-bond donors (Lipinski definition) is 2. The van der Waals surface area contributed by atoms with Crippen LogP contribution in [0.15, 0.2) is 36.4 Å². The molecular formula is C15H17N3O4. The van der Waals surface area contributed by atoms with Crippen molar-refractivity contribution in [2.75, 3.05) is 19.5 Å². The van der Waals surface area contributed by atoms with Gasteiger partial charge in [-0.05, 0) is 5.56 Å². The van der Waals surface area contributed by atoms with E-state index in [1.54, 1.807) is 0 Å².